The summed E-state index contributed by atoms with van der Waals surface area (Å²) >= 11 is 0. The van der Waals surface area contributed by atoms with E-state index in [0.29, 0.717) is 17.5 Å². The first-order chi connectivity index (χ1) is 17.9. The van der Waals surface area contributed by atoms with Gasteiger partial charge < -0.3 is 26.6 Å². The predicted molar refractivity (Wildman–Crippen MR) is 131 cm³/mol. The summed E-state index contributed by atoms with van der Waals surface area (Å²) in [7, 11) is 3.14. The fourth-order valence-corrected chi connectivity index (χ4v) is 6.45. The number of fused-ring (bicyclic) bond motifs is 3. The number of Topliss-reactive ketones (excluding diaryl/α,β-unsaturated/α-hetero) is 3. The van der Waals surface area contributed by atoms with Crippen LogP contribution in [0.5, 0.6) is 5.75 Å². The largest absolute Gasteiger partial charge is 0.505 e. The number of hydrogen-bond donors (Lipinski definition) is 5. The van der Waals surface area contributed by atoms with Gasteiger partial charge in [-0.05, 0) is 69.3 Å². The average Bonchev–Trinajstić information content (AvgIpc) is 3.66. The first-order valence-electron chi connectivity index (χ1n) is 12.6. The summed E-state index contributed by atoms with van der Waals surface area (Å²) in [6, 6.07) is 2.09. The smallest absolute Gasteiger partial charge is 0.313 e. The van der Waals surface area contributed by atoms with Crippen molar-refractivity contribution in [3.63, 3.8) is 0 Å². The third kappa shape index (κ3) is 3.90. The molecule has 4 aliphatic carbocycles. The molecule has 5 rings (SSSR count). The molecule has 1 aromatic rings. The number of nitrogens with two attached hydrogens (primary N) is 1. The van der Waals surface area contributed by atoms with Gasteiger partial charge in [0.25, 0.3) is 0 Å². The molecule has 3 saturated carbocycles. The molecule has 1 aromatic carbocycles. The number of carbonyl (C=O) groups excluding carboxylic acids is 6. The molecule has 6 N–H and O–H groups in total. The number of primary amides is 1. The van der Waals surface area contributed by atoms with Gasteiger partial charge >= 0.3 is 11.8 Å². The predicted octanol–water partition coefficient (Wildman–Crippen LogP) is -1.56. The van der Waals surface area contributed by atoms with Crippen molar-refractivity contribution in [3.8, 4) is 5.75 Å². The number of phenolic OH excluding ortho intramolecular Hbond substituents is 1. The van der Waals surface area contributed by atoms with Gasteiger partial charge in [0.1, 0.15) is 5.75 Å². The Labute approximate surface area is 217 Å². The van der Waals surface area contributed by atoms with Gasteiger partial charge in [0, 0.05) is 17.9 Å². The number of nitrogens with zero attached hydrogens (tertiary/aromatic N) is 1. The van der Waals surface area contributed by atoms with E-state index >= 15 is 0 Å². The van der Waals surface area contributed by atoms with Crippen molar-refractivity contribution in [2.45, 2.75) is 49.8 Å². The SMILES string of the molecule is CN(C)[C@@H]1C(=O)C(C(N)=O)C(=O)C2(O)C(=O)C3Cc4c(ccc(NC(=O)C(=O)NC5CC5)c4O)CC3CC12. The van der Waals surface area contributed by atoms with Gasteiger partial charge in [0.05, 0.1) is 11.7 Å². The molecule has 0 heterocycles. The van der Waals surface area contributed by atoms with Gasteiger partial charge in [0.2, 0.25) is 5.91 Å². The van der Waals surface area contributed by atoms with Gasteiger partial charge in [-0.15, -0.1) is 0 Å². The number of nitrogens with one attached hydrogen (secondary N) is 2. The van der Waals surface area contributed by atoms with E-state index in [-0.39, 0.29) is 36.2 Å². The van der Waals surface area contributed by atoms with Gasteiger partial charge in [-0.25, -0.2) is 0 Å². The van der Waals surface area contributed by atoms with Gasteiger partial charge in [0.15, 0.2) is 28.9 Å². The Balaban J connectivity index is 1.46. The Hall–Kier alpha value is -3.64. The van der Waals surface area contributed by atoms with Gasteiger partial charge in [-0.2, -0.15) is 0 Å². The molecule has 38 heavy (non-hydrogen) atoms. The second-order valence-electron chi connectivity index (χ2n) is 11.1. The molecule has 3 amide bonds. The van der Waals surface area contributed by atoms with E-state index in [4.69, 9.17) is 5.73 Å². The summed E-state index contributed by atoms with van der Waals surface area (Å²) in [5.41, 5.74) is 3.83. The monoisotopic (exact) mass is 526 g/mol. The lowest BCUT2D eigenvalue weighted by atomic mass is 9.52. The third-order valence-corrected chi connectivity index (χ3v) is 8.46. The van der Waals surface area contributed by atoms with Crippen LogP contribution in [0.3, 0.4) is 0 Å². The van der Waals surface area contributed by atoms with Crippen LogP contribution in [-0.2, 0) is 41.6 Å². The number of carbonyl (C=O) groups is 6. The van der Waals surface area contributed by atoms with Crippen molar-refractivity contribution in [2.75, 3.05) is 19.4 Å². The first kappa shape index (κ1) is 26.0. The number of hydrogen-bond acceptors (Lipinski definition) is 9. The van der Waals surface area contributed by atoms with Crippen LogP contribution in [0.15, 0.2) is 12.1 Å². The Morgan fingerprint density at radius 1 is 1.05 bits per heavy atom. The standard InChI is InChI=1S/C26H30N4O8/c1-30(2)18-15-8-11-7-10-3-6-16(29-25(37)24(36)28-12-4-5-12)19(31)13(10)9-14(11)21(33)26(15,38)22(34)17(20(18)32)23(27)35/h3,6,11-12,14-15,17-18,31,38H,4-5,7-9H2,1-2H3,(H2,27,35)(H,28,36)(H,29,37)/t11?,14?,15?,17?,18-,26?/m0/s1. The number of benzene rings is 1. The Morgan fingerprint density at radius 2 is 1.74 bits per heavy atom. The molecule has 0 saturated heterocycles. The van der Waals surface area contributed by atoms with E-state index in [1.165, 1.54) is 11.0 Å². The van der Waals surface area contributed by atoms with Gasteiger partial charge in [-0.3, -0.25) is 33.7 Å². The van der Waals surface area contributed by atoms with Crippen molar-refractivity contribution in [3.05, 3.63) is 23.3 Å². The zero-order valence-electron chi connectivity index (χ0n) is 21.0. The van der Waals surface area contributed by atoms with Crippen molar-refractivity contribution in [1.82, 2.24) is 10.2 Å². The minimum atomic E-state index is -2.58. The second-order valence-corrected chi connectivity index (χ2v) is 11.1. The molecule has 12 nitrogen and oxygen atoms in total. The number of amides is 3. The highest BCUT2D eigenvalue weighted by molar-refractivity contribution is 6.40. The molecule has 0 radical (unpaired) electrons. The maximum atomic E-state index is 13.8. The summed E-state index contributed by atoms with van der Waals surface area (Å²) in [5, 5.41) is 27.5. The molecule has 6 atom stereocenters. The van der Waals surface area contributed by atoms with E-state index in [9.17, 15) is 39.0 Å². The van der Waals surface area contributed by atoms with E-state index in [0.717, 1.165) is 12.8 Å². The molecule has 0 bridgehead atoms. The Morgan fingerprint density at radius 3 is 2.34 bits per heavy atom. The van der Waals surface area contributed by atoms with E-state index in [2.05, 4.69) is 10.6 Å². The number of rotatable bonds is 4. The summed E-state index contributed by atoms with van der Waals surface area (Å²) in [4.78, 5) is 78.0. The maximum absolute atomic E-state index is 13.8. The maximum Gasteiger partial charge on any atom is 0.313 e. The summed E-state index contributed by atoms with van der Waals surface area (Å²) in [6.07, 6.45) is 2.06. The van der Waals surface area contributed by atoms with Crippen LogP contribution in [0.25, 0.3) is 0 Å². The van der Waals surface area contributed by atoms with E-state index in [1.54, 1.807) is 20.2 Å². The Bertz CT molecular complexity index is 1290. The number of aromatic hydroxyl groups is 1. The number of aliphatic hydroxyl groups is 1. The molecule has 4 aliphatic rings. The normalized spacial score (nSPS) is 32.2. The molecule has 12 heteroatoms. The summed E-state index contributed by atoms with van der Waals surface area (Å²) in [5.74, 6) is -10.2. The van der Waals surface area contributed by atoms with Crippen LogP contribution in [0.2, 0.25) is 0 Å². The molecule has 0 aliphatic heterocycles. The fourth-order valence-electron chi connectivity index (χ4n) is 6.45. The lowest BCUT2D eigenvalue weighted by molar-refractivity contribution is -0.183. The summed E-state index contributed by atoms with van der Waals surface area (Å²) < 4.78 is 0. The fraction of sp³-hybridized carbons (Fsp3) is 0.538. The van der Waals surface area contributed by atoms with E-state index < -0.39 is 64.5 Å². The minimum absolute atomic E-state index is 0.00111. The number of ketones is 3. The lowest BCUT2D eigenvalue weighted by Gasteiger charge is -2.53. The quantitative estimate of drug-likeness (QED) is 0.175. The molecule has 202 valence electrons. The molecule has 5 unspecified atom stereocenters. The van der Waals surface area contributed by atoms with Crippen molar-refractivity contribution < 1.29 is 39.0 Å². The average molecular weight is 527 g/mol. The molecular weight excluding hydrogens is 496 g/mol. The zero-order chi connectivity index (χ0) is 27.7. The first-order valence-corrected chi connectivity index (χ1v) is 12.6. The molecule has 3 fully saturated rings. The van der Waals surface area contributed by atoms with Gasteiger partial charge in [-0.1, -0.05) is 6.07 Å². The van der Waals surface area contributed by atoms with Crippen LogP contribution in [-0.4, -0.2) is 82.0 Å². The highest BCUT2D eigenvalue weighted by atomic mass is 16.3. The topological polar surface area (TPSA) is 196 Å². The van der Waals surface area contributed by atoms with E-state index in [1.807, 2.05) is 0 Å². The molecular formula is C26H30N4O8. The highest BCUT2D eigenvalue weighted by Gasteiger charge is 2.68. The number of likely N-dealkylation sites (N-methyl/N-ethyl adjacent to an activating group) is 1. The Kier molecular flexibility index (Phi) is 6.14. The summed E-state index contributed by atoms with van der Waals surface area (Å²) in [6.45, 7) is 0. The van der Waals surface area contributed by atoms with Crippen molar-refractivity contribution in [2.24, 2.45) is 29.4 Å². The number of phenols is 1. The second kappa shape index (κ2) is 8.98. The van der Waals surface area contributed by atoms with Crippen molar-refractivity contribution in [1.29, 1.82) is 0 Å². The van der Waals surface area contributed by atoms with Crippen LogP contribution in [0, 0.1) is 23.7 Å². The van der Waals surface area contributed by atoms with Crippen LogP contribution in [0.1, 0.15) is 30.4 Å². The zero-order valence-corrected chi connectivity index (χ0v) is 21.0. The van der Waals surface area contributed by atoms with Crippen LogP contribution < -0.4 is 16.4 Å². The lowest BCUT2D eigenvalue weighted by Crippen LogP contribution is -2.73. The van der Waals surface area contributed by atoms with Crippen LogP contribution in [0.4, 0.5) is 5.69 Å². The van der Waals surface area contributed by atoms with Crippen molar-refractivity contribution >= 4 is 40.8 Å². The molecule has 0 spiro atoms. The minimum Gasteiger partial charge on any atom is -0.505 e. The molecule has 0 aromatic heterocycles. The third-order valence-electron chi connectivity index (χ3n) is 8.46. The highest BCUT2D eigenvalue weighted by Crippen LogP contribution is 2.51. The number of anilines is 1. The van der Waals surface area contributed by atoms with Crippen LogP contribution >= 0.6 is 0 Å².